The Balaban J connectivity index is 2.37. The van der Waals surface area contributed by atoms with Crippen molar-refractivity contribution in [2.75, 3.05) is 6.54 Å². The van der Waals surface area contributed by atoms with Crippen LogP contribution < -0.4 is 10.9 Å². The summed E-state index contributed by atoms with van der Waals surface area (Å²) >= 11 is 5.71. The molecular formula is C11H15ClN2O. The Hall–Kier alpha value is -1.06. The van der Waals surface area contributed by atoms with E-state index in [9.17, 15) is 4.79 Å². The lowest BCUT2D eigenvalue weighted by atomic mass is 10.2. The van der Waals surface area contributed by atoms with Gasteiger partial charge in [-0.15, -0.1) is 0 Å². The van der Waals surface area contributed by atoms with Gasteiger partial charge in [0, 0.05) is 17.1 Å². The average molecular weight is 227 g/mol. The fraction of sp³-hybridized carbons (Fsp3) is 0.364. The third-order valence-electron chi connectivity index (χ3n) is 1.96. The van der Waals surface area contributed by atoms with Crippen molar-refractivity contribution in [3.8, 4) is 0 Å². The first kappa shape index (κ1) is 12.0. The van der Waals surface area contributed by atoms with Crippen LogP contribution in [0.3, 0.4) is 0 Å². The number of hydrazine groups is 1. The predicted molar refractivity (Wildman–Crippen MR) is 61.8 cm³/mol. The number of rotatable bonds is 5. The topological polar surface area (TPSA) is 41.1 Å². The zero-order valence-corrected chi connectivity index (χ0v) is 9.47. The van der Waals surface area contributed by atoms with E-state index in [1.807, 2.05) is 0 Å². The third-order valence-corrected chi connectivity index (χ3v) is 2.22. The molecule has 0 unspecified atom stereocenters. The molecule has 1 amide bonds. The van der Waals surface area contributed by atoms with Crippen molar-refractivity contribution in [2.24, 2.45) is 0 Å². The standard InChI is InChI=1S/C11H15ClN2O/c1-2-3-8-13-14-11(15)9-4-6-10(12)7-5-9/h4-7,13H,2-3,8H2,1H3,(H,14,15). The minimum Gasteiger partial charge on any atom is -0.287 e. The molecule has 0 aliphatic rings. The fourth-order valence-corrected chi connectivity index (χ4v) is 1.21. The van der Waals surface area contributed by atoms with Crippen LogP contribution in [0.5, 0.6) is 0 Å². The SMILES string of the molecule is CCCCNNC(=O)c1ccc(Cl)cc1. The van der Waals surface area contributed by atoms with Gasteiger partial charge in [-0.2, -0.15) is 0 Å². The van der Waals surface area contributed by atoms with E-state index in [1.165, 1.54) is 0 Å². The monoisotopic (exact) mass is 226 g/mol. The van der Waals surface area contributed by atoms with Crippen LogP contribution in [0.1, 0.15) is 30.1 Å². The second-order valence-electron chi connectivity index (χ2n) is 3.24. The van der Waals surface area contributed by atoms with Crippen molar-refractivity contribution in [1.29, 1.82) is 0 Å². The first-order chi connectivity index (χ1) is 7.24. The van der Waals surface area contributed by atoms with Gasteiger partial charge in [0.15, 0.2) is 0 Å². The molecule has 0 aliphatic carbocycles. The molecule has 1 aromatic carbocycles. The van der Waals surface area contributed by atoms with Gasteiger partial charge in [0.05, 0.1) is 0 Å². The zero-order valence-electron chi connectivity index (χ0n) is 8.72. The van der Waals surface area contributed by atoms with Gasteiger partial charge in [0.25, 0.3) is 5.91 Å². The number of benzene rings is 1. The Morgan fingerprint density at radius 1 is 1.33 bits per heavy atom. The smallest absolute Gasteiger partial charge is 0.265 e. The summed E-state index contributed by atoms with van der Waals surface area (Å²) in [7, 11) is 0. The second kappa shape index (κ2) is 6.43. The molecule has 1 aromatic rings. The average Bonchev–Trinajstić information content (AvgIpc) is 2.25. The molecule has 0 spiro atoms. The number of halogens is 1. The summed E-state index contributed by atoms with van der Waals surface area (Å²) in [6.07, 6.45) is 2.14. The van der Waals surface area contributed by atoms with E-state index in [1.54, 1.807) is 24.3 Å². The molecule has 15 heavy (non-hydrogen) atoms. The van der Waals surface area contributed by atoms with E-state index in [-0.39, 0.29) is 5.91 Å². The molecule has 0 fully saturated rings. The maximum atomic E-state index is 11.5. The molecule has 4 heteroatoms. The highest BCUT2D eigenvalue weighted by molar-refractivity contribution is 6.30. The summed E-state index contributed by atoms with van der Waals surface area (Å²) in [6.45, 7) is 2.89. The van der Waals surface area contributed by atoms with Gasteiger partial charge < -0.3 is 0 Å². The molecule has 0 aliphatic heterocycles. The maximum Gasteiger partial charge on any atom is 0.265 e. The van der Waals surface area contributed by atoms with Gasteiger partial charge in [-0.1, -0.05) is 24.9 Å². The van der Waals surface area contributed by atoms with Gasteiger partial charge in [-0.3, -0.25) is 10.2 Å². The summed E-state index contributed by atoms with van der Waals surface area (Å²) in [6, 6.07) is 6.78. The molecule has 1 rings (SSSR count). The summed E-state index contributed by atoms with van der Waals surface area (Å²) in [4.78, 5) is 11.5. The highest BCUT2D eigenvalue weighted by Gasteiger charge is 2.03. The quantitative estimate of drug-likeness (QED) is 0.598. The van der Waals surface area contributed by atoms with Crippen molar-refractivity contribution < 1.29 is 4.79 Å². The van der Waals surface area contributed by atoms with E-state index < -0.39 is 0 Å². The van der Waals surface area contributed by atoms with Crippen molar-refractivity contribution >= 4 is 17.5 Å². The maximum absolute atomic E-state index is 11.5. The Labute approximate surface area is 94.8 Å². The van der Waals surface area contributed by atoms with Crippen LogP contribution in [-0.4, -0.2) is 12.5 Å². The van der Waals surface area contributed by atoms with Gasteiger partial charge in [-0.05, 0) is 30.7 Å². The Morgan fingerprint density at radius 3 is 2.60 bits per heavy atom. The fourth-order valence-electron chi connectivity index (χ4n) is 1.08. The Kier molecular flexibility index (Phi) is 5.15. The first-order valence-electron chi connectivity index (χ1n) is 5.03. The molecule has 3 nitrogen and oxygen atoms in total. The number of carbonyl (C=O) groups is 1. The van der Waals surface area contributed by atoms with Crippen molar-refractivity contribution in [3.63, 3.8) is 0 Å². The van der Waals surface area contributed by atoms with Gasteiger partial charge in [0.2, 0.25) is 0 Å². The molecule has 0 saturated heterocycles. The minimum absolute atomic E-state index is 0.136. The van der Waals surface area contributed by atoms with Crippen LogP contribution >= 0.6 is 11.6 Å². The Morgan fingerprint density at radius 2 is 2.00 bits per heavy atom. The predicted octanol–water partition coefficient (Wildman–Crippen LogP) is 2.37. The first-order valence-corrected chi connectivity index (χ1v) is 5.40. The summed E-state index contributed by atoms with van der Waals surface area (Å²) in [5.74, 6) is -0.136. The van der Waals surface area contributed by atoms with Crippen LogP contribution in [0.15, 0.2) is 24.3 Å². The molecular weight excluding hydrogens is 212 g/mol. The molecule has 0 saturated carbocycles. The van der Waals surface area contributed by atoms with E-state index >= 15 is 0 Å². The molecule has 0 radical (unpaired) electrons. The number of hydrogen-bond acceptors (Lipinski definition) is 2. The van der Waals surface area contributed by atoms with Crippen molar-refractivity contribution in [3.05, 3.63) is 34.9 Å². The lowest BCUT2D eigenvalue weighted by Gasteiger charge is -2.06. The summed E-state index contributed by atoms with van der Waals surface area (Å²) < 4.78 is 0. The number of carbonyl (C=O) groups excluding carboxylic acids is 1. The number of nitrogens with one attached hydrogen (secondary N) is 2. The van der Waals surface area contributed by atoms with Crippen LogP contribution in [0.25, 0.3) is 0 Å². The third kappa shape index (κ3) is 4.32. The second-order valence-corrected chi connectivity index (χ2v) is 3.68. The van der Waals surface area contributed by atoms with E-state index in [0.29, 0.717) is 10.6 Å². The molecule has 0 bridgehead atoms. The molecule has 2 N–H and O–H groups in total. The van der Waals surface area contributed by atoms with E-state index in [4.69, 9.17) is 11.6 Å². The summed E-state index contributed by atoms with van der Waals surface area (Å²) in [5, 5.41) is 0.630. The lowest BCUT2D eigenvalue weighted by Crippen LogP contribution is -2.37. The van der Waals surface area contributed by atoms with Gasteiger partial charge >= 0.3 is 0 Å². The highest BCUT2D eigenvalue weighted by atomic mass is 35.5. The molecule has 0 heterocycles. The van der Waals surface area contributed by atoms with Crippen molar-refractivity contribution in [2.45, 2.75) is 19.8 Å². The van der Waals surface area contributed by atoms with E-state index in [0.717, 1.165) is 19.4 Å². The van der Waals surface area contributed by atoms with Crippen LogP contribution in [0.4, 0.5) is 0 Å². The normalized spacial score (nSPS) is 10.0. The number of amides is 1. The highest BCUT2D eigenvalue weighted by Crippen LogP contribution is 2.08. The van der Waals surface area contributed by atoms with E-state index in [2.05, 4.69) is 17.8 Å². The largest absolute Gasteiger partial charge is 0.287 e. The molecule has 0 atom stereocenters. The van der Waals surface area contributed by atoms with Gasteiger partial charge in [-0.25, -0.2) is 5.43 Å². The van der Waals surface area contributed by atoms with Crippen LogP contribution in [-0.2, 0) is 0 Å². The number of hydrogen-bond donors (Lipinski definition) is 2. The lowest BCUT2D eigenvalue weighted by molar-refractivity contribution is 0.0933. The minimum atomic E-state index is -0.136. The van der Waals surface area contributed by atoms with Crippen LogP contribution in [0, 0.1) is 0 Å². The molecule has 0 aromatic heterocycles. The zero-order chi connectivity index (χ0) is 11.1. The van der Waals surface area contributed by atoms with Crippen molar-refractivity contribution in [1.82, 2.24) is 10.9 Å². The molecule has 82 valence electrons. The van der Waals surface area contributed by atoms with Gasteiger partial charge in [0.1, 0.15) is 0 Å². The Bertz CT molecular complexity index is 311. The van der Waals surface area contributed by atoms with Crippen LogP contribution in [0.2, 0.25) is 5.02 Å². The number of unbranched alkanes of at least 4 members (excludes halogenated alkanes) is 1. The summed E-state index contributed by atoms with van der Waals surface area (Å²) in [5.41, 5.74) is 6.09.